The van der Waals surface area contributed by atoms with Gasteiger partial charge in [0, 0.05) is 0 Å². The van der Waals surface area contributed by atoms with E-state index in [2.05, 4.69) is 19.9 Å². The second kappa shape index (κ2) is 7.25. The fourth-order valence-electron chi connectivity index (χ4n) is 0.902. The summed E-state index contributed by atoms with van der Waals surface area (Å²) in [4.78, 5) is 0. The van der Waals surface area contributed by atoms with Gasteiger partial charge in [-0.2, -0.15) is 18.6 Å². The third-order valence-electron chi connectivity index (χ3n) is 1.50. The predicted molar refractivity (Wildman–Crippen MR) is 46.0 cm³/mol. The van der Waals surface area contributed by atoms with E-state index in [4.69, 9.17) is 0 Å². The third-order valence-corrected chi connectivity index (χ3v) is 1.50. The van der Waals surface area contributed by atoms with Gasteiger partial charge < -0.3 is 24.0 Å². The third kappa shape index (κ3) is 4.23. The summed E-state index contributed by atoms with van der Waals surface area (Å²) < 4.78 is 0. The van der Waals surface area contributed by atoms with Crippen molar-refractivity contribution in [1.82, 2.24) is 0 Å². The standard InChI is InChI=1S/C9H11.HI.Mg/c1-3-9-7-5-4-6-8(9)2;;/h4-7H,2-3H2,1H3;1H;/q-1;;+2/p-1. The van der Waals surface area contributed by atoms with Gasteiger partial charge in [-0.05, 0) is 0 Å². The van der Waals surface area contributed by atoms with Crippen molar-refractivity contribution >= 4 is 23.1 Å². The molecule has 0 atom stereocenters. The van der Waals surface area contributed by atoms with Crippen molar-refractivity contribution in [3.8, 4) is 0 Å². The van der Waals surface area contributed by atoms with Crippen molar-refractivity contribution in [2.24, 2.45) is 0 Å². The first-order chi connectivity index (χ1) is 4.34. The van der Waals surface area contributed by atoms with Gasteiger partial charge in [-0.1, -0.05) is 19.4 Å². The van der Waals surface area contributed by atoms with Crippen LogP contribution in [0.5, 0.6) is 0 Å². The molecule has 0 N–H and O–H groups in total. The molecule has 0 aliphatic carbocycles. The molecule has 0 bridgehead atoms. The van der Waals surface area contributed by atoms with E-state index in [0.717, 1.165) is 12.0 Å². The first-order valence-electron chi connectivity index (χ1n) is 3.24. The van der Waals surface area contributed by atoms with Crippen LogP contribution in [0.3, 0.4) is 0 Å². The maximum Gasteiger partial charge on any atom is 2.00 e. The van der Waals surface area contributed by atoms with Crippen LogP contribution in [0.4, 0.5) is 0 Å². The molecule has 0 saturated heterocycles. The van der Waals surface area contributed by atoms with Crippen LogP contribution in [0.15, 0.2) is 24.3 Å². The van der Waals surface area contributed by atoms with Gasteiger partial charge >= 0.3 is 23.1 Å². The first-order valence-corrected chi connectivity index (χ1v) is 3.24. The maximum atomic E-state index is 3.89. The molecule has 0 spiro atoms. The second-order valence-corrected chi connectivity index (χ2v) is 2.12. The molecule has 56 valence electrons. The molecular weight excluding hydrogens is 259 g/mol. The molecule has 0 aliphatic heterocycles. The molecule has 1 aromatic carbocycles. The van der Waals surface area contributed by atoms with Crippen molar-refractivity contribution in [3.05, 3.63) is 42.3 Å². The monoisotopic (exact) mass is 270 g/mol. The summed E-state index contributed by atoms with van der Waals surface area (Å²) in [5.41, 5.74) is 2.50. The van der Waals surface area contributed by atoms with Crippen molar-refractivity contribution in [2.45, 2.75) is 13.3 Å². The zero-order chi connectivity index (χ0) is 6.69. The molecule has 0 aromatic heterocycles. The summed E-state index contributed by atoms with van der Waals surface area (Å²) in [5.74, 6) is 0. The van der Waals surface area contributed by atoms with E-state index >= 15 is 0 Å². The maximum absolute atomic E-state index is 3.89. The molecular formula is C9H11IMg. The Balaban J connectivity index is 0. The van der Waals surface area contributed by atoms with Gasteiger partial charge in [-0.3, -0.25) is 0 Å². The Morgan fingerprint density at radius 2 is 1.82 bits per heavy atom. The molecule has 0 aliphatic rings. The van der Waals surface area contributed by atoms with E-state index in [1.807, 2.05) is 18.2 Å². The van der Waals surface area contributed by atoms with Gasteiger partial charge in [-0.25, -0.2) is 0 Å². The van der Waals surface area contributed by atoms with E-state index in [-0.39, 0.29) is 47.0 Å². The summed E-state index contributed by atoms with van der Waals surface area (Å²) in [6.45, 7) is 6.03. The number of hydrogen-bond donors (Lipinski definition) is 0. The van der Waals surface area contributed by atoms with Gasteiger partial charge in [0.15, 0.2) is 0 Å². The smallest absolute Gasteiger partial charge is 1.00 e. The molecule has 0 unspecified atom stereocenters. The summed E-state index contributed by atoms with van der Waals surface area (Å²) in [7, 11) is 0. The molecule has 2 heteroatoms. The molecule has 11 heavy (non-hydrogen) atoms. The van der Waals surface area contributed by atoms with Gasteiger partial charge in [-0.15, -0.1) is 17.7 Å². The molecule has 0 radical (unpaired) electrons. The number of rotatable bonds is 1. The van der Waals surface area contributed by atoms with E-state index in [1.54, 1.807) is 0 Å². The van der Waals surface area contributed by atoms with Crippen molar-refractivity contribution in [3.63, 3.8) is 0 Å². The Bertz CT molecular complexity index is 199. The van der Waals surface area contributed by atoms with Gasteiger partial charge in [0.1, 0.15) is 0 Å². The Kier molecular flexibility index (Phi) is 9.31. The zero-order valence-electron chi connectivity index (χ0n) is 6.81. The first kappa shape index (κ1) is 14.1. The molecule has 0 heterocycles. The number of benzene rings is 1. The van der Waals surface area contributed by atoms with E-state index in [9.17, 15) is 0 Å². The Morgan fingerprint density at radius 1 is 1.27 bits per heavy atom. The average molecular weight is 270 g/mol. The second-order valence-electron chi connectivity index (χ2n) is 2.12. The van der Waals surface area contributed by atoms with Crippen LogP contribution in [0, 0.1) is 6.92 Å². The minimum absolute atomic E-state index is 0. The summed E-state index contributed by atoms with van der Waals surface area (Å²) in [5, 5.41) is 0. The van der Waals surface area contributed by atoms with Crippen LogP contribution in [-0.4, -0.2) is 23.1 Å². The van der Waals surface area contributed by atoms with Crippen molar-refractivity contribution in [1.29, 1.82) is 0 Å². The van der Waals surface area contributed by atoms with Crippen LogP contribution in [0.25, 0.3) is 0 Å². The van der Waals surface area contributed by atoms with Crippen LogP contribution in [-0.2, 0) is 6.42 Å². The van der Waals surface area contributed by atoms with Crippen molar-refractivity contribution in [2.75, 3.05) is 0 Å². The van der Waals surface area contributed by atoms with E-state index < -0.39 is 0 Å². The van der Waals surface area contributed by atoms with Gasteiger partial charge in [0.2, 0.25) is 0 Å². The fraction of sp³-hybridized carbons (Fsp3) is 0.222. The quantitative estimate of drug-likeness (QED) is 0.351. The largest absolute Gasteiger partial charge is 2.00 e. The number of aryl methyl sites for hydroxylation is 1. The van der Waals surface area contributed by atoms with Crippen LogP contribution >= 0.6 is 0 Å². The summed E-state index contributed by atoms with van der Waals surface area (Å²) in [6, 6.07) is 8.22. The summed E-state index contributed by atoms with van der Waals surface area (Å²) in [6.07, 6.45) is 1.08. The number of hydrogen-bond acceptors (Lipinski definition) is 0. The minimum atomic E-state index is 0. The molecule has 0 fully saturated rings. The predicted octanol–water partition coefficient (Wildman–Crippen LogP) is -0.946. The molecule has 0 saturated carbocycles. The van der Waals surface area contributed by atoms with E-state index in [0.29, 0.717) is 0 Å². The average Bonchev–Trinajstić information content (AvgIpc) is 1.89. The summed E-state index contributed by atoms with van der Waals surface area (Å²) >= 11 is 0. The molecule has 0 nitrogen and oxygen atoms in total. The zero-order valence-corrected chi connectivity index (χ0v) is 10.4. The Morgan fingerprint density at radius 3 is 2.18 bits per heavy atom. The fourth-order valence-corrected chi connectivity index (χ4v) is 0.902. The van der Waals surface area contributed by atoms with Crippen molar-refractivity contribution < 1.29 is 24.0 Å². The normalized spacial score (nSPS) is 7.73. The van der Waals surface area contributed by atoms with Gasteiger partial charge in [0.25, 0.3) is 0 Å². The SMILES string of the molecule is [CH2-]c1ccccc1CC.[I-].[Mg+2]. The Labute approximate surface area is 102 Å². The molecule has 0 amide bonds. The van der Waals surface area contributed by atoms with Gasteiger partial charge in [0.05, 0.1) is 0 Å². The Hall–Kier alpha value is 0.586. The minimum Gasteiger partial charge on any atom is -1.00 e. The van der Waals surface area contributed by atoms with Crippen LogP contribution in [0.2, 0.25) is 0 Å². The number of halogens is 1. The van der Waals surface area contributed by atoms with E-state index in [1.165, 1.54) is 5.56 Å². The molecule has 1 aromatic rings. The molecule has 1 rings (SSSR count). The topological polar surface area (TPSA) is 0 Å². The van der Waals surface area contributed by atoms with Crippen LogP contribution in [0.1, 0.15) is 18.1 Å². The van der Waals surface area contributed by atoms with Crippen LogP contribution < -0.4 is 24.0 Å².